The second-order valence-electron chi connectivity index (χ2n) is 3.53. The van der Waals surface area contributed by atoms with E-state index in [4.69, 9.17) is 4.74 Å². The van der Waals surface area contributed by atoms with Crippen molar-refractivity contribution >= 4 is 0 Å². The molecule has 0 aliphatic heterocycles. The van der Waals surface area contributed by atoms with Crippen LogP contribution >= 0.6 is 0 Å². The number of ether oxygens (including phenoxy) is 1. The van der Waals surface area contributed by atoms with Gasteiger partial charge in [-0.05, 0) is 18.6 Å². The Labute approximate surface area is 90.3 Å². The van der Waals surface area contributed by atoms with Gasteiger partial charge in [0.25, 0.3) is 0 Å². The molecule has 0 saturated carbocycles. The fourth-order valence-corrected chi connectivity index (χ4v) is 1.36. The summed E-state index contributed by atoms with van der Waals surface area (Å²) in [7, 11) is 0. The SMILES string of the molecule is CCCCCCOc1c(O)cccc1O. The van der Waals surface area contributed by atoms with Crippen molar-refractivity contribution in [2.45, 2.75) is 32.6 Å². The van der Waals surface area contributed by atoms with Gasteiger partial charge < -0.3 is 14.9 Å². The average Bonchev–Trinajstić information content (AvgIpc) is 2.21. The predicted molar refractivity (Wildman–Crippen MR) is 59.4 cm³/mol. The number of aromatic hydroxyl groups is 2. The lowest BCUT2D eigenvalue weighted by atomic mass is 10.2. The highest BCUT2D eigenvalue weighted by Gasteiger charge is 2.06. The van der Waals surface area contributed by atoms with Crippen LogP contribution in [-0.4, -0.2) is 16.8 Å². The van der Waals surface area contributed by atoms with Crippen molar-refractivity contribution in [2.24, 2.45) is 0 Å². The summed E-state index contributed by atoms with van der Waals surface area (Å²) >= 11 is 0. The van der Waals surface area contributed by atoms with E-state index in [1.165, 1.54) is 25.0 Å². The van der Waals surface area contributed by atoms with E-state index in [-0.39, 0.29) is 17.2 Å². The third-order valence-electron chi connectivity index (χ3n) is 2.22. The fourth-order valence-electron chi connectivity index (χ4n) is 1.36. The number of phenolic OH excluding ortho intramolecular Hbond substituents is 2. The standard InChI is InChI=1S/C12H18O3/c1-2-3-4-5-9-15-12-10(13)7-6-8-11(12)14/h6-8,13-14H,2-5,9H2,1H3. The fraction of sp³-hybridized carbons (Fsp3) is 0.500. The van der Waals surface area contributed by atoms with Crippen molar-refractivity contribution in [3.8, 4) is 17.2 Å². The highest BCUT2D eigenvalue weighted by molar-refractivity contribution is 5.49. The Kier molecular flexibility index (Phi) is 4.81. The molecule has 84 valence electrons. The van der Waals surface area contributed by atoms with Gasteiger partial charge in [-0.1, -0.05) is 32.3 Å². The topological polar surface area (TPSA) is 49.7 Å². The van der Waals surface area contributed by atoms with Crippen molar-refractivity contribution in [1.29, 1.82) is 0 Å². The van der Waals surface area contributed by atoms with E-state index >= 15 is 0 Å². The summed E-state index contributed by atoms with van der Waals surface area (Å²) < 4.78 is 5.31. The molecule has 1 aromatic rings. The van der Waals surface area contributed by atoms with E-state index in [1.54, 1.807) is 6.07 Å². The normalized spacial score (nSPS) is 10.2. The minimum atomic E-state index is -0.00880. The van der Waals surface area contributed by atoms with Gasteiger partial charge in [-0.2, -0.15) is 0 Å². The molecule has 0 atom stereocenters. The van der Waals surface area contributed by atoms with Gasteiger partial charge in [-0.15, -0.1) is 0 Å². The van der Waals surface area contributed by atoms with Crippen LogP contribution in [0.3, 0.4) is 0 Å². The first kappa shape index (κ1) is 11.7. The van der Waals surface area contributed by atoms with Gasteiger partial charge in [-0.3, -0.25) is 0 Å². The first-order valence-electron chi connectivity index (χ1n) is 5.39. The van der Waals surface area contributed by atoms with Crippen LogP contribution < -0.4 is 4.74 Å². The molecule has 0 amide bonds. The molecule has 0 spiro atoms. The Morgan fingerprint density at radius 1 is 1.07 bits per heavy atom. The lowest BCUT2D eigenvalue weighted by Crippen LogP contribution is -1.97. The molecule has 2 N–H and O–H groups in total. The Morgan fingerprint density at radius 3 is 2.33 bits per heavy atom. The Hall–Kier alpha value is -1.38. The molecule has 0 unspecified atom stereocenters. The summed E-state index contributed by atoms with van der Waals surface area (Å²) in [5, 5.41) is 18.8. The van der Waals surface area contributed by atoms with Crippen LogP contribution in [0.15, 0.2) is 18.2 Å². The molecule has 0 fully saturated rings. The summed E-state index contributed by atoms with van der Waals surface area (Å²) in [4.78, 5) is 0. The van der Waals surface area contributed by atoms with Crippen LogP contribution in [0.1, 0.15) is 32.6 Å². The lowest BCUT2D eigenvalue weighted by Gasteiger charge is -2.09. The molecule has 1 aromatic carbocycles. The molecule has 0 aliphatic rings. The van der Waals surface area contributed by atoms with Crippen LogP contribution in [0.2, 0.25) is 0 Å². The van der Waals surface area contributed by atoms with Gasteiger partial charge in [-0.25, -0.2) is 0 Å². The predicted octanol–water partition coefficient (Wildman–Crippen LogP) is 3.06. The Bertz CT molecular complexity index is 277. The summed E-state index contributed by atoms with van der Waals surface area (Å²) in [6, 6.07) is 4.58. The van der Waals surface area contributed by atoms with Crippen LogP contribution in [0.4, 0.5) is 0 Å². The van der Waals surface area contributed by atoms with Crippen molar-refractivity contribution < 1.29 is 14.9 Å². The van der Waals surface area contributed by atoms with Crippen molar-refractivity contribution in [3.63, 3.8) is 0 Å². The number of rotatable bonds is 6. The van der Waals surface area contributed by atoms with Gasteiger partial charge >= 0.3 is 0 Å². The smallest absolute Gasteiger partial charge is 0.203 e. The monoisotopic (exact) mass is 210 g/mol. The van der Waals surface area contributed by atoms with Gasteiger partial charge in [0.1, 0.15) is 0 Å². The molecule has 0 heterocycles. The molecule has 0 bridgehead atoms. The molecular weight excluding hydrogens is 192 g/mol. The maximum Gasteiger partial charge on any atom is 0.203 e. The van der Waals surface area contributed by atoms with E-state index in [1.807, 2.05) is 0 Å². The first-order valence-corrected chi connectivity index (χ1v) is 5.39. The quantitative estimate of drug-likeness (QED) is 0.709. The van der Waals surface area contributed by atoms with Gasteiger partial charge in [0, 0.05) is 0 Å². The minimum absolute atomic E-state index is 0.00880. The summed E-state index contributed by atoms with van der Waals surface area (Å²) in [6.45, 7) is 2.68. The van der Waals surface area contributed by atoms with Crippen LogP contribution in [0.25, 0.3) is 0 Å². The van der Waals surface area contributed by atoms with Gasteiger partial charge in [0.15, 0.2) is 11.5 Å². The van der Waals surface area contributed by atoms with Crippen LogP contribution in [0, 0.1) is 0 Å². The number of unbranched alkanes of at least 4 members (excludes halogenated alkanes) is 3. The second-order valence-corrected chi connectivity index (χ2v) is 3.53. The molecule has 3 heteroatoms. The number of hydrogen-bond acceptors (Lipinski definition) is 3. The van der Waals surface area contributed by atoms with Crippen molar-refractivity contribution in [1.82, 2.24) is 0 Å². The Balaban J connectivity index is 2.37. The largest absolute Gasteiger partial charge is 0.504 e. The summed E-state index contributed by atoms with van der Waals surface area (Å²) in [5.74, 6) is 0.171. The molecule has 0 aromatic heterocycles. The van der Waals surface area contributed by atoms with Crippen LogP contribution in [0.5, 0.6) is 17.2 Å². The molecular formula is C12H18O3. The molecule has 1 rings (SSSR count). The van der Waals surface area contributed by atoms with E-state index in [0.717, 1.165) is 12.8 Å². The third kappa shape index (κ3) is 3.70. The summed E-state index contributed by atoms with van der Waals surface area (Å²) in [5.41, 5.74) is 0. The first-order chi connectivity index (χ1) is 7.25. The van der Waals surface area contributed by atoms with E-state index in [0.29, 0.717) is 6.61 Å². The van der Waals surface area contributed by atoms with Gasteiger partial charge in [0.2, 0.25) is 5.75 Å². The number of para-hydroxylation sites is 1. The summed E-state index contributed by atoms with van der Waals surface area (Å²) in [6.07, 6.45) is 4.43. The van der Waals surface area contributed by atoms with Crippen molar-refractivity contribution in [3.05, 3.63) is 18.2 Å². The molecule has 0 saturated heterocycles. The average molecular weight is 210 g/mol. The van der Waals surface area contributed by atoms with E-state index in [9.17, 15) is 10.2 Å². The highest BCUT2D eigenvalue weighted by Crippen LogP contribution is 2.34. The molecule has 0 aliphatic carbocycles. The molecule has 0 radical (unpaired) electrons. The maximum atomic E-state index is 9.41. The molecule has 3 nitrogen and oxygen atoms in total. The number of hydrogen-bond donors (Lipinski definition) is 2. The van der Waals surface area contributed by atoms with Crippen molar-refractivity contribution in [2.75, 3.05) is 6.61 Å². The zero-order chi connectivity index (χ0) is 11.1. The highest BCUT2D eigenvalue weighted by atomic mass is 16.5. The lowest BCUT2D eigenvalue weighted by molar-refractivity contribution is 0.274. The minimum Gasteiger partial charge on any atom is -0.504 e. The zero-order valence-electron chi connectivity index (χ0n) is 9.07. The molecule has 15 heavy (non-hydrogen) atoms. The Morgan fingerprint density at radius 2 is 1.73 bits per heavy atom. The number of benzene rings is 1. The van der Waals surface area contributed by atoms with E-state index < -0.39 is 0 Å². The zero-order valence-corrected chi connectivity index (χ0v) is 9.07. The van der Waals surface area contributed by atoms with E-state index in [2.05, 4.69) is 6.92 Å². The second kappa shape index (κ2) is 6.17. The van der Waals surface area contributed by atoms with Gasteiger partial charge in [0.05, 0.1) is 6.61 Å². The maximum absolute atomic E-state index is 9.41. The number of phenols is 2. The van der Waals surface area contributed by atoms with Crippen LogP contribution in [-0.2, 0) is 0 Å². The third-order valence-corrected chi connectivity index (χ3v) is 2.22.